The van der Waals surface area contributed by atoms with Crippen LogP contribution in [0.5, 0.6) is 5.75 Å². The molecular formula is C16H23ClN2O3. The minimum atomic E-state index is -0.631. The molecule has 22 heavy (non-hydrogen) atoms. The number of amides is 1. The highest BCUT2D eigenvalue weighted by molar-refractivity contribution is 6.32. The minimum absolute atomic E-state index is 0.126. The molecule has 0 aliphatic rings. The van der Waals surface area contributed by atoms with Crippen molar-refractivity contribution in [3.05, 3.63) is 41.4 Å². The van der Waals surface area contributed by atoms with Gasteiger partial charge >= 0.3 is 0 Å². The van der Waals surface area contributed by atoms with Gasteiger partial charge in [0.25, 0.3) is 5.91 Å². The third kappa shape index (κ3) is 6.47. The molecule has 0 saturated carbocycles. The first-order chi connectivity index (χ1) is 10.4. The Hall–Kier alpha value is -1.56. The van der Waals surface area contributed by atoms with Crippen molar-refractivity contribution >= 4 is 17.5 Å². The lowest BCUT2D eigenvalue weighted by molar-refractivity contribution is 0.0957. The van der Waals surface area contributed by atoms with Crippen molar-refractivity contribution in [1.29, 1.82) is 0 Å². The predicted molar refractivity (Wildman–Crippen MR) is 88.6 cm³/mol. The van der Waals surface area contributed by atoms with Crippen molar-refractivity contribution in [2.45, 2.75) is 26.0 Å². The van der Waals surface area contributed by atoms with Crippen LogP contribution in [0.2, 0.25) is 5.02 Å². The summed E-state index contributed by atoms with van der Waals surface area (Å²) in [6.07, 6.45) is 0.970. The average Bonchev–Trinajstić information content (AvgIpc) is 2.49. The van der Waals surface area contributed by atoms with Crippen molar-refractivity contribution < 1.29 is 14.6 Å². The number of ether oxygens (including phenoxy) is 1. The molecule has 122 valence electrons. The number of aliphatic hydroxyl groups is 1. The van der Waals surface area contributed by atoms with Gasteiger partial charge in [0.2, 0.25) is 0 Å². The highest BCUT2D eigenvalue weighted by Crippen LogP contribution is 2.25. The number of carbonyl (C=O) groups is 1. The number of hydrogen-bond acceptors (Lipinski definition) is 4. The van der Waals surface area contributed by atoms with Gasteiger partial charge in [-0.2, -0.15) is 0 Å². The summed E-state index contributed by atoms with van der Waals surface area (Å²) in [4.78, 5) is 11.8. The molecule has 0 fully saturated rings. The predicted octanol–water partition coefficient (Wildman–Crippen LogP) is 1.99. The van der Waals surface area contributed by atoms with Crippen LogP contribution in [0, 0.1) is 0 Å². The summed E-state index contributed by atoms with van der Waals surface area (Å²) < 4.78 is 5.48. The van der Waals surface area contributed by atoms with E-state index in [0.29, 0.717) is 35.5 Å². The molecule has 1 aromatic carbocycles. The highest BCUT2D eigenvalue weighted by atomic mass is 35.5. The fourth-order valence-electron chi connectivity index (χ4n) is 1.64. The van der Waals surface area contributed by atoms with Crippen molar-refractivity contribution in [2.75, 3.05) is 19.7 Å². The van der Waals surface area contributed by atoms with E-state index in [9.17, 15) is 9.90 Å². The van der Waals surface area contributed by atoms with Gasteiger partial charge in [-0.05, 0) is 18.2 Å². The smallest absolute Gasteiger partial charge is 0.251 e. The Morgan fingerprint density at radius 3 is 2.82 bits per heavy atom. The number of aliphatic hydroxyl groups excluding tert-OH is 1. The molecule has 1 unspecified atom stereocenters. The van der Waals surface area contributed by atoms with Crippen LogP contribution in [0.15, 0.2) is 30.9 Å². The van der Waals surface area contributed by atoms with E-state index < -0.39 is 6.10 Å². The molecule has 5 nitrogen and oxygen atoms in total. The molecule has 3 N–H and O–H groups in total. The summed E-state index contributed by atoms with van der Waals surface area (Å²) in [6.45, 7) is 8.50. The second-order valence-electron chi connectivity index (χ2n) is 5.17. The van der Waals surface area contributed by atoms with E-state index in [1.54, 1.807) is 18.2 Å². The molecule has 0 bridgehead atoms. The van der Waals surface area contributed by atoms with Crippen LogP contribution in [0.25, 0.3) is 0 Å². The molecule has 0 aliphatic carbocycles. The van der Waals surface area contributed by atoms with Crippen LogP contribution in [0.4, 0.5) is 0 Å². The molecule has 0 spiro atoms. The van der Waals surface area contributed by atoms with Crippen LogP contribution in [-0.2, 0) is 0 Å². The quantitative estimate of drug-likeness (QED) is 0.607. The third-order valence-corrected chi connectivity index (χ3v) is 3.09. The standard InChI is InChI=1S/C16H23ClN2O3/c1-4-7-18-16(21)12-5-6-15(14(17)8-12)22-10-13(20)9-19-11(2)3/h4-6,8,11,13,19-20H,1,7,9-10H2,2-3H3,(H,18,21). The lowest BCUT2D eigenvalue weighted by atomic mass is 10.2. The zero-order valence-corrected chi connectivity index (χ0v) is 13.7. The van der Waals surface area contributed by atoms with Crippen LogP contribution < -0.4 is 15.4 Å². The number of nitrogens with one attached hydrogen (secondary N) is 2. The summed E-state index contributed by atoms with van der Waals surface area (Å²) >= 11 is 6.10. The fourth-order valence-corrected chi connectivity index (χ4v) is 1.88. The second kappa shape index (κ2) is 9.46. The van der Waals surface area contributed by atoms with Crippen molar-refractivity contribution in [2.24, 2.45) is 0 Å². The Bertz CT molecular complexity index is 506. The molecule has 1 atom stereocenters. The largest absolute Gasteiger partial charge is 0.489 e. The first kappa shape index (κ1) is 18.5. The molecule has 6 heteroatoms. The molecule has 0 radical (unpaired) electrons. The summed E-state index contributed by atoms with van der Waals surface area (Å²) in [7, 11) is 0. The van der Waals surface area contributed by atoms with Gasteiger partial charge in [0.05, 0.1) is 5.02 Å². The van der Waals surface area contributed by atoms with E-state index >= 15 is 0 Å². The fraction of sp³-hybridized carbons (Fsp3) is 0.438. The lowest BCUT2D eigenvalue weighted by Crippen LogP contribution is -2.35. The third-order valence-electron chi connectivity index (χ3n) is 2.79. The van der Waals surface area contributed by atoms with Crippen LogP contribution in [-0.4, -0.2) is 42.9 Å². The molecule has 0 aliphatic heterocycles. The molecule has 0 aromatic heterocycles. The summed E-state index contributed by atoms with van der Waals surface area (Å²) in [5, 5.41) is 15.9. The SMILES string of the molecule is C=CCNC(=O)c1ccc(OCC(O)CNC(C)C)c(Cl)c1. The number of carbonyl (C=O) groups excluding carboxylic acids is 1. The number of benzene rings is 1. The first-order valence-corrected chi connectivity index (χ1v) is 7.54. The zero-order valence-electron chi connectivity index (χ0n) is 12.9. The van der Waals surface area contributed by atoms with Crippen LogP contribution in [0.3, 0.4) is 0 Å². The van der Waals surface area contributed by atoms with E-state index in [1.165, 1.54) is 6.07 Å². The Kier molecular flexibility index (Phi) is 7.95. The number of halogens is 1. The second-order valence-corrected chi connectivity index (χ2v) is 5.58. The van der Waals surface area contributed by atoms with Gasteiger partial charge in [-0.3, -0.25) is 4.79 Å². The van der Waals surface area contributed by atoms with Gasteiger partial charge < -0.3 is 20.5 Å². The molecule has 0 saturated heterocycles. The Morgan fingerprint density at radius 1 is 1.50 bits per heavy atom. The van der Waals surface area contributed by atoms with E-state index in [-0.39, 0.29) is 12.5 Å². The minimum Gasteiger partial charge on any atom is -0.489 e. The molecule has 1 amide bonds. The maximum atomic E-state index is 11.8. The summed E-state index contributed by atoms with van der Waals surface area (Å²) in [6, 6.07) is 5.08. The first-order valence-electron chi connectivity index (χ1n) is 7.17. The van der Waals surface area contributed by atoms with Gasteiger partial charge in [-0.25, -0.2) is 0 Å². The normalized spacial score (nSPS) is 12.0. The summed E-state index contributed by atoms with van der Waals surface area (Å²) in [5.41, 5.74) is 0.446. The number of rotatable bonds is 9. The van der Waals surface area contributed by atoms with Crippen molar-refractivity contribution in [3.8, 4) is 5.75 Å². The summed E-state index contributed by atoms with van der Waals surface area (Å²) in [5.74, 6) is 0.208. The maximum Gasteiger partial charge on any atom is 0.251 e. The number of hydrogen-bond donors (Lipinski definition) is 3. The van der Waals surface area contributed by atoms with Gasteiger partial charge in [-0.1, -0.05) is 31.5 Å². The lowest BCUT2D eigenvalue weighted by Gasteiger charge is -2.15. The van der Waals surface area contributed by atoms with Gasteiger partial charge in [0.15, 0.2) is 0 Å². The van der Waals surface area contributed by atoms with Crippen molar-refractivity contribution in [1.82, 2.24) is 10.6 Å². The maximum absolute atomic E-state index is 11.8. The van der Waals surface area contributed by atoms with Crippen LogP contribution >= 0.6 is 11.6 Å². The Balaban J connectivity index is 2.55. The van der Waals surface area contributed by atoms with E-state index in [1.807, 2.05) is 13.8 Å². The monoisotopic (exact) mass is 326 g/mol. The van der Waals surface area contributed by atoms with E-state index in [4.69, 9.17) is 16.3 Å². The van der Waals surface area contributed by atoms with Crippen molar-refractivity contribution in [3.63, 3.8) is 0 Å². The van der Waals surface area contributed by atoms with E-state index in [2.05, 4.69) is 17.2 Å². The molecule has 0 heterocycles. The van der Waals surface area contributed by atoms with E-state index in [0.717, 1.165) is 0 Å². The molecular weight excluding hydrogens is 304 g/mol. The molecule has 1 aromatic rings. The average molecular weight is 327 g/mol. The van der Waals surface area contributed by atoms with Gasteiger partial charge in [-0.15, -0.1) is 6.58 Å². The topological polar surface area (TPSA) is 70.6 Å². The van der Waals surface area contributed by atoms with Gasteiger partial charge in [0.1, 0.15) is 18.5 Å². The zero-order chi connectivity index (χ0) is 16.5. The Morgan fingerprint density at radius 2 is 2.23 bits per heavy atom. The Labute approximate surface area is 136 Å². The van der Waals surface area contributed by atoms with Crippen LogP contribution in [0.1, 0.15) is 24.2 Å². The molecule has 1 rings (SSSR count). The van der Waals surface area contributed by atoms with Gasteiger partial charge in [0, 0.05) is 24.7 Å². The highest BCUT2D eigenvalue weighted by Gasteiger charge is 2.11.